The minimum Gasteiger partial charge on any atom is -0.340 e. The molecule has 1 heterocycles. The summed E-state index contributed by atoms with van der Waals surface area (Å²) in [4.78, 5) is 13.9. The molecule has 9 heteroatoms. The average Bonchev–Trinajstić information content (AvgIpc) is 3.01. The predicted molar refractivity (Wildman–Crippen MR) is 100 cm³/mol. The van der Waals surface area contributed by atoms with Crippen molar-refractivity contribution in [2.75, 3.05) is 25.9 Å². The van der Waals surface area contributed by atoms with E-state index in [1.165, 1.54) is 4.90 Å². The molecule has 0 spiro atoms. The van der Waals surface area contributed by atoms with Crippen LogP contribution in [-0.4, -0.2) is 58.8 Å². The lowest BCUT2D eigenvalue weighted by Gasteiger charge is -2.19. The summed E-state index contributed by atoms with van der Waals surface area (Å²) in [5, 5.41) is -0.577. The van der Waals surface area contributed by atoms with Crippen LogP contribution >= 0.6 is 0 Å². The van der Waals surface area contributed by atoms with Gasteiger partial charge < -0.3 is 4.90 Å². The Labute approximate surface area is 155 Å². The molecule has 1 aromatic rings. The van der Waals surface area contributed by atoms with Gasteiger partial charge in [0.2, 0.25) is 15.9 Å². The van der Waals surface area contributed by atoms with E-state index in [2.05, 4.69) is 4.72 Å². The van der Waals surface area contributed by atoms with Crippen molar-refractivity contribution in [2.45, 2.75) is 44.3 Å². The van der Waals surface area contributed by atoms with Gasteiger partial charge in [0.1, 0.15) is 0 Å². The molecule has 146 valence electrons. The van der Waals surface area contributed by atoms with E-state index in [0.717, 1.165) is 17.4 Å². The fourth-order valence-corrected chi connectivity index (χ4v) is 5.80. The van der Waals surface area contributed by atoms with Crippen LogP contribution in [0.25, 0.3) is 0 Å². The first-order valence-electron chi connectivity index (χ1n) is 8.38. The second kappa shape index (κ2) is 7.28. The van der Waals surface area contributed by atoms with Gasteiger partial charge in [-0.25, -0.2) is 21.6 Å². The summed E-state index contributed by atoms with van der Waals surface area (Å²) in [6.07, 6.45) is 1.53. The summed E-state index contributed by atoms with van der Waals surface area (Å²) in [7, 11) is -7.06. The van der Waals surface area contributed by atoms with Crippen molar-refractivity contribution >= 4 is 25.8 Å². The third-order valence-electron chi connectivity index (χ3n) is 5.08. The third-order valence-corrected chi connectivity index (χ3v) is 8.35. The molecule has 1 atom stereocenters. The summed E-state index contributed by atoms with van der Waals surface area (Å²) in [6, 6.07) is 1.93. The van der Waals surface area contributed by atoms with E-state index < -0.39 is 31.0 Å². The molecule has 1 amide bonds. The Kier molecular flexibility index (Phi) is 5.84. The van der Waals surface area contributed by atoms with Gasteiger partial charge in [-0.1, -0.05) is 6.07 Å². The van der Waals surface area contributed by atoms with Gasteiger partial charge in [-0.15, -0.1) is 0 Å². The lowest BCUT2D eigenvalue weighted by Crippen LogP contribution is -2.40. The summed E-state index contributed by atoms with van der Waals surface area (Å²) < 4.78 is 51.0. The maximum Gasteiger partial charge on any atom is 0.241 e. The Hall–Kier alpha value is -1.45. The van der Waals surface area contributed by atoms with Crippen molar-refractivity contribution < 1.29 is 21.6 Å². The van der Waals surface area contributed by atoms with Crippen LogP contribution in [0.15, 0.2) is 11.0 Å². The molecule has 1 N–H and O–H groups in total. The smallest absolute Gasteiger partial charge is 0.241 e. The molecule has 1 aromatic carbocycles. The minimum atomic E-state index is -3.85. The van der Waals surface area contributed by atoms with Gasteiger partial charge in [-0.3, -0.25) is 4.79 Å². The fraction of sp³-hybridized carbons (Fsp3) is 0.588. The van der Waals surface area contributed by atoms with Crippen LogP contribution in [0.4, 0.5) is 0 Å². The van der Waals surface area contributed by atoms with Crippen molar-refractivity contribution in [1.29, 1.82) is 0 Å². The molecule has 0 aromatic heterocycles. The van der Waals surface area contributed by atoms with Gasteiger partial charge >= 0.3 is 0 Å². The van der Waals surface area contributed by atoms with Gasteiger partial charge in [0.05, 0.1) is 16.7 Å². The predicted octanol–water partition coefficient (Wildman–Crippen LogP) is 0.844. The number of likely N-dealkylation sites (tertiary alicyclic amines) is 1. The van der Waals surface area contributed by atoms with Crippen LogP contribution in [0, 0.1) is 27.7 Å². The molecule has 1 aliphatic heterocycles. The number of sulfone groups is 1. The molecule has 2 rings (SSSR count). The molecule has 1 unspecified atom stereocenters. The van der Waals surface area contributed by atoms with Crippen LogP contribution in [0.1, 0.15) is 28.7 Å². The number of hydrogen-bond acceptors (Lipinski definition) is 5. The van der Waals surface area contributed by atoms with Crippen LogP contribution in [0.5, 0.6) is 0 Å². The number of rotatable bonds is 5. The summed E-state index contributed by atoms with van der Waals surface area (Å²) in [6.45, 7) is 7.24. The highest BCUT2D eigenvalue weighted by Crippen LogP contribution is 2.26. The highest BCUT2D eigenvalue weighted by Gasteiger charge is 2.33. The van der Waals surface area contributed by atoms with Gasteiger partial charge in [-0.05, 0) is 56.4 Å². The Morgan fingerprint density at radius 1 is 1.12 bits per heavy atom. The van der Waals surface area contributed by atoms with E-state index in [-0.39, 0.29) is 18.0 Å². The Balaban J connectivity index is 2.14. The highest BCUT2D eigenvalue weighted by atomic mass is 32.2. The van der Waals surface area contributed by atoms with Crippen molar-refractivity contribution in [3.05, 3.63) is 28.3 Å². The first kappa shape index (κ1) is 20.9. The lowest BCUT2D eigenvalue weighted by atomic mass is 10.0. The fourth-order valence-electron chi connectivity index (χ4n) is 3.23. The standard InChI is InChI=1S/C17H26N2O5S2/c1-11-8-12(2)14(4)17(13(11)3)26(23,24)18-9-16(20)19-7-6-15(10-19)25(5,21)22/h8,15,18H,6-7,9-10H2,1-5H3. The van der Waals surface area contributed by atoms with E-state index in [9.17, 15) is 21.6 Å². The molecule has 7 nitrogen and oxygen atoms in total. The quantitative estimate of drug-likeness (QED) is 0.787. The highest BCUT2D eigenvalue weighted by molar-refractivity contribution is 7.91. The molecule has 26 heavy (non-hydrogen) atoms. The van der Waals surface area contributed by atoms with Crippen LogP contribution in [0.2, 0.25) is 0 Å². The van der Waals surface area contributed by atoms with Crippen LogP contribution in [-0.2, 0) is 24.7 Å². The minimum absolute atomic E-state index is 0.112. The second-order valence-corrected chi connectivity index (χ2v) is 11.0. The topological polar surface area (TPSA) is 101 Å². The molecular formula is C17H26N2O5S2. The first-order valence-corrected chi connectivity index (χ1v) is 11.8. The average molecular weight is 403 g/mol. The molecule has 0 aliphatic carbocycles. The number of hydrogen-bond donors (Lipinski definition) is 1. The Morgan fingerprint density at radius 2 is 1.65 bits per heavy atom. The molecule has 0 bridgehead atoms. The Morgan fingerprint density at radius 3 is 2.12 bits per heavy atom. The summed E-state index contributed by atoms with van der Waals surface area (Å²) in [5.74, 6) is -0.417. The molecule has 1 fully saturated rings. The van der Waals surface area contributed by atoms with Gasteiger partial charge in [0, 0.05) is 19.3 Å². The number of amides is 1. The first-order chi connectivity index (χ1) is 11.8. The third kappa shape index (κ3) is 4.27. The van der Waals surface area contributed by atoms with E-state index in [0.29, 0.717) is 24.1 Å². The zero-order valence-electron chi connectivity index (χ0n) is 15.8. The van der Waals surface area contributed by atoms with E-state index in [1.807, 2.05) is 19.9 Å². The second-order valence-electron chi connectivity index (χ2n) is 6.99. The normalized spacial score (nSPS) is 18.3. The van der Waals surface area contributed by atoms with Gasteiger partial charge in [0.15, 0.2) is 9.84 Å². The monoisotopic (exact) mass is 402 g/mol. The van der Waals surface area contributed by atoms with E-state index in [1.54, 1.807) is 13.8 Å². The molecule has 0 radical (unpaired) electrons. The number of aryl methyl sites for hydroxylation is 2. The lowest BCUT2D eigenvalue weighted by molar-refractivity contribution is -0.128. The zero-order valence-corrected chi connectivity index (χ0v) is 17.4. The van der Waals surface area contributed by atoms with Crippen molar-refractivity contribution in [2.24, 2.45) is 0 Å². The molecule has 1 aliphatic rings. The Bertz CT molecular complexity index is 910. The van der Waals surface area contributed by atoms with Crippen molar-refractivity contribution in [3.8, 4) is 0 Å². The van der Waals surface area contributed by atoms with E-state index in [4.69, 9.17) is 0 Å². The van der Waals surface area contributed by atoms with Crippen LogP contribution in [0.3, 0.4) is 0 Å². The maximum absolute atomic E-state index is 12.7. The number of carbonyl (C=O) groups is 1. The van der Waals surface area contributed by atoms with Gasteiger partial charge in [-0.2, -0.15) is 0 Å². The van der Waals surface area contributed by atoms with E-state index >= 15 is 0 Å². The molecule has 0 saturated carbocycles. The molecular weight excluding hydrogens is 376 g/mol. The largest absolute Gasteiger partial charge is 0.340 e. The maximum atomic E-state index is 12.7. The SMILES string of the molecule is Cc1cc(C)c(C)c(S(=O)(=O)NCC(=O)N2CCC(S(C)(=O)=O)C2)c1C. The van der Waals surface area contributed by atoms with Crippen molar-refractivity contribution in [1.82, 2.24) is 9.62 Å². The van der Waals surface area contributed by atoms with Crippen molar-refractivity contribution in [3.63, 3.8) is 0 Å². The number of sulfonamides is 1. The van der Waals surface area contributed by atoms with Crippen LogP contribution < -0.4 is 4.72 Å². The number of carbonyl (C=O) groups excluding carboxylic acids is 1. The zero-order chi connectivity index (χ0) is 19.9. The number of benzene rings is 1. The summed E-state index contributed by atoms with van der Waals surface area (Å²) in [5.41, 5.74) is 3.06. The summed E-state index contributed by atoms with van der Waals surface area (Å²) >= 11 is 0. The number of nitrogens with zero attached hydrogens (tertiary/aromatic N) is 1. The van der Waals surface area contributed by atoms with Gasteiger partial charge in [0.25, 0.3) is 0 Å². The number of nitrogens with one attached hydrogen (secondary N) is 1. The molecule has 1 saturated heterocycles.